The van der Waals surface area contributed by atoms with Crippen LogP contribution in [-0.2, 0) is 23.7 Å². The van der Waals surface area contributed by atoms with Crippen molar-refractivity contribution < 1.29 is 49.2 Å². The summed E-state index contributed by atoms with van der Waals surface area (Å²) in [4.78, 5) is 0. The fourth-order valence-corrected chi connectivity index (χ4v) is 6.08. The van der Waals surface area contributed by atoms with Crippen LogP contribution < -0.4 is 33.6 Å². The highest BCUT2D eigenvalue weighted by Gasteiger charge is 2.54. The van der Waals surface area contributed by atoms with Crippen molar-refractivity contribution in [3.05, 3.63) is 0 Å². The molecule has 0 aromatic carbocycles. The average molecular weight is 581 g/mol. The number of nitrogens with two attached hydrogens (primary N) is 4. The predicted molar refractivity (Wildman–Crippen MR) is 139 cm³/mol. The molecule has 4 fully saturated rings. The second-order valence-corrected chi connectivity index (χ2v) is 11.2. The Morgan fingerprint density at radius 3 is 2.23 bits per heavy atom. The number of hydrogen-bond acceptors (Lipinski definition) is 16. The fraction of sp³-hybridized carbons (Fsp3) is 1.00. The van der Waals surface area contributed by atoms with E-state index >= 15 is 0 Å². The summed E-state index contributed by atoms with van der Waals surface area (Å²) in [6, 6.07) is -2.98. The number of aliphatic hydroxyl groups is 5. The Hall–Kier alpha value is -0.640. The van der Waals surface area contributed by atoms with E-state index < -0.39 is 98.5 Å². The van der Waals surface area contributed by atoms with E-state index in [0.29, 0.717) is 32.4 Å². The number of ether oxygens (including phenoxy) is 5. The zero-order valence-electron chi connectivity index (χ0n) is 22.8. The normalized spacial score (nSPS) is 50.0. The van der Waals surface area contributed by atoms with Gasteiger partial charge in [-0.2, -0.15) is 0 Å². The van der Waals surface area contributed by atoms with Gasteiger partial charge in [-0.1, -0.05) is 0 Å². The second-order valence-electron chi connectivity index (χ2n) is 11.2. The number of aliphatic hydroxyl groups excluding tert-OH is 5. The summed E-state index contributed by atoms with van der Waals surface area (Å²) in [7, 11) is 1.60. The first kappa shape index (κ1) is 32.3. The summed E-state index contributed by atoms with van der Waals surface area (Å²) in [6.07, 6.45) is -9.76. The minimum atomic E-state index is -1.48. The lowest BCUT2D eigenvalue weighted by Gasteiger charge is -2.51. The van der Waals surface area contributed by atoms with Crippen LogP contribution in [0.5, 0.6) is 0 Å². The molecule has 16 heteroatoms. The van der Waals surface area contributed by atoms with Gasteiger partial charge in [0.1, 0.15) is 36.6 Å². The summed E-state index contributed by atoms with van der Waals surface area (Å²) in [5.41, 5.74) is 24.0. The first-order valence-corrected chi connectivity index (χ1v) is 14.1. The molecule has 40 heavy (non-hydrogen) atoms. The molecule has 1 saturated carbocycles. The van der Waals surface area contributed by atoms with Gasteiger partial charge in [0.15, 0.2) is 18.9 Å². The molecule has 3 heterocycles. The van der Waals surface area contributed by atoms with E-state index in [1.807, 2.05) is 0 Å². The Bertz CT molecular complexity index is 776. The zero-order chi connectivity index (χ0) is 29.1. The summed E-state index contributed by atoms with van der Waals surface area (Å²) in [5.74, 6) is 0. The SMILES string of the molecule is CNC1C(O[C@H]2OC(CO)[C@@H](NCCCN)C(O)C2O)O[C@H]2CC(N)[C@@H](O[C@@H]3C(N)C[C@@H](N)CC3O)OC2C1O. The van der Waals surface area contributed by atoms with Gasteiger partial charge < -0.3 is 82.8 Å². The molecule has 0 amide bonds. The maximum absolute atomic E-state index is 11.2. The van der Waals surface area contributed by atoms with Crippen LogP contribution in [0.2, 0.25) is 0 Å². The van der Waals surface area contributed by atoms with Crippen molar-refractivity contribution in [2.24, 2.45) is 22.9 Å². The predicted octanol–water partition coefficient (Wildman–Crippen LogP) is -5.94. The minimum Gasteiger partial charge on any atom is -0.394 e. The number of hydrogen-bond donors (Lipinski definition) is 11. The topological polar surface area (TPSA) is 275 Å². The Morgan fingerprint density at radius 2 is 1.57 bits per heavy atom. The maximum Gasteiger partial charge on any atom is 0.189 e. The van der Waals surface area contributed by atoms with E-state index in [-0.39, 0.29) is 12.5 Å². The number of fused-ring (bicyclic) bond motifs is 1. The lowest BCUT2D eigenvalue weighted by Crippen LogP contribution is -2.70. The van der Waals surface area contributed by atoms with E-state index in [9.17, 15) is 25.5 Å². The smallest absolute Gasteiger partial charge is 0.189 e. The van der Waals surface area contributed by atoms with Crippen LogP contribution in [0.15, 0.2) is 0 Å². The van der Waals surface area contributed by atoms with Crippen molar-refractivity contribution in [1.82, 2.24) is 10.6 Å². The van der Waals surface area contributed by atoms with Gasteiger partial charge in [0.25, 0.3) is 0 Å². The van der Waals surface area contributed by atoms with Crippen LogP contribution in [0.3, 0.4) is 0 Å². The molecule has 16 nitrogen and oxygen atoms in total. The van der Waals surface area contributed by atoms with Crippen LogP contribution in [0, 0.1) is 0 Å². The molecule has 0 spiro atoms. The van der Waals surface area contributed by atoms with E-state index in [4.69, 9.17) is 46.6 Å². The van der Waals surface area contributed by atoms with Gasteiger partial charge in [-0.3, -0.25) is 0 Å². The van der Waals surface area contributed by atoms with Crippen LogP contribution in [0.25, 0.3) is 0 Å². The van der Waals surface area contributed by atoms with Crippen molar-refractivity contribution in [3.8, 4) is 0 Å². The lowest BCUT2D eigenvalue weighted by atomic mass is 9.86. The molecule has 3 saturated heterocycles. The highest BCUT2D eigenvalue weighted by atomic mass is 16.8. The van der Waals surface area contributed by atoms with Gasteiger partial charge in [0.2, 0.25) is 0 Å². The molecular formula is C24H48N6O10. The quantitative estimate of drug-likeness (QED) is 0.107. The summed E-state index contributed by atoms with van der Waals surface area (Å²) in [5, 5.41) is 59.1. The first-order chi connectivity index (χ1) is 19.1. The molecule has 234 valence electrons. The Kier molecular flexibility index (Phi) is 11.5. The molecular weight excluding hydrogens is 532 g/mol. The standard InChI is InChI=1S/C24H48N6O10/c1-29-16-18(34)21-13(7-11(28)22(39-21)38-20-10(27)5-9(26)6-12(20)32)36-23(16)40-24-19(35)17(33)15(14(8-31)37-24)30-4-2-3-25/h9-24,29-35H,2-8,25-28H2,1H3/t9-,10?,11?,12?,13+,14?,15-,16?,17?,18?,19?,20-,21?,22+,23?,24-/m1/s1. The highest BCUT2D eigenvalue weighted by molar-refractivity contribution is 5.00. The summed E-state index contributed by atoms with van der Waals surface area (Å²) in [6.45, 7) is 0.464. The Morgan fingerprint density at radius 1 is 0.825 bits per heavy atom. The molecule has 0 radical (unpaired) electrons. The van der Waals surface area contributed by atoms with Gasteiger partial charge in [-0.25, -0.2) is 0 Å². The fourth-order valence-electron chi connectivity index (χ4n) is 6.08. The average Bonchev–Trinajstić information content (AvgIpc) is 2.90. The van der Waals surface area contributed by atoms with Gasteiger partial charge in [-0.05, 0) is 45.8 Å². The highest BCUT2D eigenvalue weighted by Crippen LogP contribution is 2.35. The molecule has 0 aromatic heterocycles. The third-order valence-electron chi connectivity index (χ3n) is 8.28. The van der Waals surface area contributed by atoms with E-state index in [2.05, 4.69) is 10.6 Å². The zero-order valence-corrected chi connectivity index (χ0v) is 22.8. The van der Waals surface area contributed by atoms with Gasteiger partial charge >= 0.3 is 0 Å². The summed E-state index contributed by atoms with van der Waals surface area (Å²) < 4.78 is 29.9. The molecule has 3 aliphatic heterocycles. The number of nitrogens with one attached hydrogen (secondary N) is 2. The van der Waals surface area contributed by atoms with E-state index in [1.165, 1.54) is 0 Å². The van der Waals surface area contributed by atoms with Crippen LogP contribution >= 0.6 is 0 Å². The maximum atomic E-state index is 11.2. The molecule has 16 atom stereocenters. The van der Waals surface area contributed by atoms with E-state index in [1.54, 1.807) is 7.05 Å². The minimum absolute atomic E-state index is 0.226. The lowest BCUT2D eigenvalue weighted by molar-refractivity contribution is -0.373. The first-order valence-electron chi connectivity index (χ1n) is 14.1. The van der Waals surface area contributed by atoms with Crippen LogP contribution in [-0.4, -0.2) is 150 Å². The van der Waals surface area contributed by atoms with Crippen molar-refractivity contribution in [2.45, 2.75) is 124 Å². The second kappa shape index (κ2) is 14.2. The van der Waals surface area contributed by atoms with E-state index in [0.717, 1.165) is 0 Å². The Balaban J connectivity index is 1.40. The summed E-state index contributed by atoms with van der Waals surface area (Å²) >= 11 is 0. The van der Waals surface area contributed by atoms with Crippen molar-refractivity contribution in [3.63, 3.8) is 0 Å². The third kappa shape index (κ3) is 6.94. The third-order valence-corrected chi connectivity index (χ3v) is 8.28. The molecule has 10 unspecified atom stereocenters. The molecule has 15 N–H and O–H groups in total. The Labute approximate surface area is 233 Å². The van der Waals surface area contributed by atoms with Crippen molar-refractivity contribution >= 4 is 0 Å². The van der Waals surface area contributed by atoms with Gasteiger partial charge in [0.05, 0.1) is 36.9 Å². The molecule has 4 aliphatic rings. The van der Waals surface area contributed by atoms with Crippen LogP contribution in [0.4, 0.5) is 0 Å². The number of rotatable bonds is 10. The van der Waals surface area contributed by atoms with Crippen molar-refractivity contribution in [2.75, 3.05) is 26.7 Å². The largest absolute Gasteiger partial charge is 0.394 e. The van der Waals surface area contributed by atoms with Crippen molar-refractivity contribution in [1.29, 1.82) is 0 Å². The van der Waals surface area contributed by atoms with Crippen LogP contribution in [0.1, 0.15) is 25.7 Å². The monoisotopic (exact) mass is 580 g/mol. The molecule has 0 aromatic rings. The molecule has 1 aliphatic carbocycles. The van der Waals surface area contributed by atoms with Gasteiger partial charge in [0, 0.05) is 12.1 Å². The molecule has 0 bridgehead atoms. The number of likely N-dealkylation sites (N-methyl/N-ethyl adjacent to an activating group) is 1. The van der Waals surface area contributed by atoms with Gasteiger partial charge in [-0.15, -0.1) is 0 Å². The molecule has 4 rings (SSSR count).